The number of rotatable bonds is 18. The van der Waals surface area contributed by atoms with Crippen molar-refractivity contribution >= 4 is 46.0 Å². The number of amides is 2. The number of aliphatic hydroxyl groups is 1. The summed E-state index contributed by atoms with van der Waals surface area (Å²) < 4.78 is 11.1. The van der Waals surface area contributed by atoms with Crippen molar-refractivity contribution in [3.8, 4) is 0 Å². The van der Waals surface area contributed by atoms with E-state index in [0.29, 0.717) is 12.1 Å². The molecule has 52 heavy (non-hydrogen) atoms. The number of alkyl carbamates (subject to hydrolysis) is 1. The molecule has 278 valence electrons. The number of aliphatic carboxylic acids is 1. The van der Waals surface area contributed by atoms with Gasteiger partial charge in [0.15, 0.2) is 11.2 Å². The highest BCUT2D eigenvalue weighted by atomic mass is 32.1. The van der Waals surface area contributed by atoms with Gasteiger partial charge in [-0.2, -0.15) is 0 Å². The molecule has 0 radical (unpaired) electrons. The standard InChI is InChI=1S/C37H46N6O7S2/c1-25(2)33(34(45)46)43(37(48)50-21-29-23-51-35(39-29)42-15-9-10-16-42)41-28(17-26-11-5-3-6-12-26)19-32(44)31(18-27-13-7-4-8-14-27)40-36(47)49-22-30-20-38-24-52-30/h3-8,11-14,20,23-25,28,31-33,41,44H,9-10,15-19,21-22H2,1-2H3,(H,40,47)(H,45,46)/t28-,31-,32-,33-/m0/s1. The van der Waals surface area contributed by atoms with Crippen LogP contribution in [0.25, 0.3) is 0 Å². The average molecular weight is 751 g/mol. The van der Waals surface area contributed by atoms with E-state index >= 15 is 0 Å². The van der Waals surface area contributed by atoms with Crippen molar-refractivity contribution in [1.82, 2.24) is 25.7 Å². The predicted molar refractivity (Wildman–Crippen MR) is 199 cm³/mol. The first kappa shape index (κ1) is 38.7. The number of hydrogen-bond donors (Lipinski definition) is 4. The molecule has 5 rings (SSSR count). The number of aliphatic hydroxyl groups excluding tert-OH is 1. The van der Waals surface area contributed by atoms with Crippen molar-refractivity contribution in [2.75, 3.05) is 18.0 Å². The Labute approximate surface area is 311 Å². The minimum Gasteiger partial charge on any atom is -0.480 e. The molecule has 15 heteroatoms. The van der Waals surface area contributed by atoms with Gasteiger partial charge in [-0.15, -0.1) is 22.7 Å². The first-order valence-electron chi connectivity index (χ1n) is 17.4. The van der Waals surface area contributed by atoms with Crippen LogP contribution in [0.1, 0.15) is 54.8 Å². The molecule has 0 bridgehead atoms. The van der Waals surface area contributed by atoms with Crippen LogP contribution in [0.3, 0.4) is 0 Å². The Bertz CT molecular complexity index is 1690. The molecule has 1 fully saturated rings. The summed E-state index contributed by atoms with van der Waals surface area (Å²) in [6.07, 6.45) is 1.75. The molecule has 0 aliphatic carbocycles. The van der Waals surface area contributed by atoms with Gasteiger partial charge in [-0.05, 0) is 49.1 Å². The number of hydrogen-bond acceptors (Lipinski definition) is 12. The monoisotopic (exact) mass is 750 g/mol. The van der Waals surface area contributed by atoms with Crippen LogP contribution in [-0.2, 0) is 40.3 Å². The molecule has 2 aromatic carbocycles. The van der Waals surface area contributed by atoms with Crippen LogP contribution in [0.2, 0.25) is 0 Å². The van der Waals surface area contributed by atoms with E-state index in [2.05, 4.69) is 25.6 Å². The van der Waals surface area contributed by atoms with Crippen LogP contribution in [0, 0.1) is 5.92 Å². The highest BCUT2D eigenvalue weighted by Gasteiger charge is 2.37. The number of anilines is 1. The highest BCUT2D eigenvalue weighted by Crippen LogP contribution is 2.25. The maximum atomic E-state index is 13.8. The molecular weight excluding hydrogens is 705 g/mol. The lowest BCUT2D eigenvalue weighted by molar-refractivity contribution is -0.146. The van der Waals surface area contributed by atoms with Crippen molar-refractivity contribution in [2.45, 2.75) is 83.4 Å². The number of thiazole rings is 2. The Balaban J connectivity index is 1.35. The molecule has 4 N–H and O–H groups in total. The van der Waals surface area contributed by atoms with Gasteiger partial charge in [0.25, 0.3) is 0 Å². The molecule has 13 nitrogen and oxygen atoms in total. The number of carbonyl (C=O) groups is 3. The summed E-state index contributed by atoms with van der Waals surface area (Å²) in [5.74, 6) is -1.71. The highest BCUT2D eigenvalue weighted by molar-refractivity contribution is 7.13. The van der Waals surface area contributed by atoms with Crippen molar-refractivity contribution in [2.24, 2.45) is 5.92 Å². The normalized spacial score (nSPS) is 15.1. The minimum absolute atomic E-state index is 0.0288. The fourth-order valence-electron chi connectivity index (χ4n) is 6.09. The zero-order valence-corrected chi connectivity index (χ0v) is 30.9. The van der Waals surface area contributed by atoms with Gasteiger partial charge in [-0.1, -0.05) is 74.5 Å². The van der Waals surface area contributed by atoms with Gasteiger partial charge in [0.1, 0.15) is 13.2 Å². The van der Waals surface area contributed by atoms with Gasteiger partial charge >= 0.3 is 18.2 Å². The number of hydrazine groups is 1. The second kappa shape index (κ2) is 19.3. The van der Waals surface area contributed by atoms with Crippen LogP contribution in [0.5, 0.6) is 0 Å². The summed E-state index contributed by atoms with van der Waals surface area (Å²) >= 11 is 2.84. The summed E-state index contributed by atoms with van der Waals surface area (Å²) in [6, 6.07) is 16.2. The third-order valence-corrected chi connectivity index (χ3v) is 10.4. The largest absolute Gasteiger partial charge is 0.480 e. The van der Waals surface area contributed by atoms with Gasteiger partial charge in [-0.3, -0.25) is 4.98 Å². The quantitative estimate of drug-likeness (QED) is 0.0929. The Morgan fingerprint density at radius 1 is 0.942 bits per heavy atom. The molecule has 2 aromatic heterocycles. The third kappa shape index (κ3) is 11.5. The number of carbonyl (C=O) groups excluding carboxylic acids is 2. The Morgan fingerprint density at radius 3 is 2.23 bits per heavy atom. The number of carboxylic acids is 1. The maximum absolute atomic E-state index is 13.8. The Morgan fingerprint density at radius 2 is 1.62 bits per heavy atom. The molecule has 3 heterocycles. The van der Waals surface area contributed by atoms with E-state index in [1.807, 2.05) is 66.0 Å². The van der Waals surface area contributed by atoms with Gasteiger partial charge in [0, 0.05) is 30.7 Å². The average Bonchev–Trinajstić information content (AvgIpc) is 3.94. The first-order valence-corrected chi connectivity index (χ1v) is 19.1. The van der Waals surface area contributed by atoms with E-state index in [-0.39, 0.29) is 26.1 Å². The van der Waals surface area contributed by atoms with E-state index < -0.39 is 48.3 Å². The van der Waals surface area contributed by atoms with E-state index in [0.717, 1.165) is 52.1 Å². The fraction of sp³-hybridized carbons (Fsp3) is 0.432. The van der Waals surface area contributed by atoms with Gasteiger partial charge < -0.3 is 29.9 Å². The molecule has 1 saturated heterocycles. The molecule has 4 aromatic rings. The fourth-order valence-corrected chi connectivity index (χ4v) is 7.46. The number of benzene rings is 2. The zero-order valence-electron chi connectivity index (χ0n) is 29.3. The van der Waals surface area contributed by atoms with Gasteiger partial charge in [0.05, 0.1) is 28.2 Å². The number of ether oxygens (including phenoxy) is 2. The van der Waals surface area contributed by atoms with Crippen LogP contribution >= 0.6 is 22.7 Å². The Hall–Kier alpha value is -4.57. The summed E-state index contributed by atoms with van der Waals surface area (Å²) in [4.78, 5) is 51.0. The maximum Gasteiger partial charge on any atom is 0.425 e. The van der Waals surface area contributed by atoms with Gasteiger partial charge in [0.2, 0.25) is 0 Å². The van der Waals surface area contributed by atoms with Crippen LogP contribution in [0.4, 0.5) is 14.7 Å². The Kier molecular flexibility index (Phi) is 14.4. The summed E-state index contributed by atoms with van der Waals surface area (Å²) in [7, 11) is 0. The lowest BCUT2D eigenvalue weighted by Crippen LogP contribution is -2.59. The van der Waals surface area contributed by atoms with Crippen molar-refractivity contribution < 1.29 is 34.1 Å². The molecule has 0 unspecified atom stereocenters. The third-order valence-electron chi connectivity index (χ3n) is 8.69. The van der Waals surface area contributed by atoms with E-state index in [1.54, 1.807) is 25.6 Å². The van der Waals surface area contributed by atoms with Crippen LogP contribution in [-0.4, -0.2) is 80.7 Å². The van der Waals surface area contributed by atoms with Crippen molar-refractivity contribution in [1.29, 1.82) is 0 Å². The number of nitrogens with zero attached hydrogens (tertiary/aromatic N) is 4. The smallest absolute Gasteiger partial charge is 0.425 e. The summed E-state index contributed by atoms with van der Waals surface area (Å²) in [5.41, 5.74) is 7.14. The predicted octanol–water partition coefficient (Wildman–Crippen LogP) is 5.65. The molecule has 2 amide bonds. The van der Waals surface area contributed by atoms with E-state index in [9.17, 15) is 24.6 Å². The number of carboxylic acid groups (broad SMARTS) is 1. The summed E-state index contributed by atoms with van der Waals surface area (Å²) in [6.45, 7) is 5.19. The second-order valence-corrected chi connectivity index (χ2v) is 14.9. The first-order chi connectivity index (χ1) is 25.2. The topological polar surface area (TPSA) is 166 Å². The number of aromatic nitrogens is 2. The molecule has 1 aliphatic rings. The van der Waals surface area contributed by atoms with Crippen LogP contribution < -0.4 is 15.6 Å². The van der Waals surface area contributed by atoms with Crippen molar-refractivity contribution in [3.63, 3.8) is 0 Å². The molecule has 4 atom stereocenters. The molecule has 1 aliphatic heterocycles. The molecule has 0 saturated carbocycles. The second-order valence-electron chi connectivity index (χ2n) is 13.1. The van der Waals surface area contributed by atoms with E-state index in [1.165, 1.54) is 22.7 Å². The molecule has 0 spiro atoms. The van der Waals surface area contributed by atoms with Gasteiger partial charge in [-0.25, -0.2) is 29.8 Å². The van der Waals surface area contributed by atoms with Crippen molar-refractivity contribution in [3.05, 3.63) is 99.4 Å². The lowest BCUT2D eigenvalue weighted by atomic mass is 9.94. The summed E-state index contributed by atoms with van der Waals surface area (Å²) in [5, 5.41) is 28.7. The molecular formula is C37H46N6O7S2. The lowest BCUT2D eigenvalue weighted by Gasteiger charge is -2.36. The van der Waals surface area contributed by atoms with E-state index in [4.69, 9.17) is 9.47 Å². The zero-order chi connectivity index (χ0) is 36.9. The minimum atomic E-state index is -1.29. The van der Waals surface area contributed by atoms with Crippen LogP contribution in [0.15, 0.2) is 77.8 Å². The SMILES string of the molecule is CC(C)[C@@H](C(=O)O)N(N[C@@H](Cc1ccccc1)C[C@H](O)[C@H](Cc1ccccc1)NC(=O)OCc1cncs1)C(=O)OCc1csc(N2CCCC2)n1. The number of nitrogens with one attached hydrogen (secondary N) is 2.